The molecule has 1 amide bonds. The zero-order valence-electron chi connectivity index (χ0n) is 9.75. The second-order valence-electron chi connectivity index (χ2n) is 3.67. The van der Waals surface area contributed by atoms with Crippen LogP contribution in [0.4, 0.5) is 5.69 Å². The number of amides is 1. The number of primary sulfonamides is 1. The van der Waals surface area contributed by atoms with Crippen LogP contribution < -0.4 is 16.3 Å². The van der Waals surface area contributed by atoms with Gasteiger partial charge in [0.05, 0.1) is 17.0 Å². The number of anilines is 1. The molecule has 0 saturated heterocycles. The Morgan fingerprint density at radius 3 is 2.67 bits per heavy atom. The van der Waals surface area contributed by atoms with E-state index in [0.717, 1.165) is 0 Å². The number of nitrogens with one attached hydrogen (secondary N) is 1. The standard InChI is InChI=1S/C10H14N4O3S/c1-7(5-10(11)15)13-14-8-3-2-4-9(6-8)18(12,16)17/h2-4,6,14H,5H2,1H3,(H2,11,15)(H2,12,16,17)/b13-7+. The molecule has 0 radical (unpaired) electrons. The molecule has 0 aliphatic carbocycles. The molecule has 1 rings (SSSR count). The molecule has 18 heavy (non-hydrogen) atoms. The van der Waals surface area contributed by atoms with Crippen LogP contribution in [0.5, 0.6) is 0 Å². The molecule has 0 atom stereocenters. The highest BCUT2D eigenvalue weighted by molar-refractivity contribution is 7.89. The van der Waals surface area contributed by atoms with Crippen LogP contribution in [0.3, 0.4) is 0 Å². The van der Waals surface area contributed by atoms with Gasteiger partial charge in [-0.2, -0.15) is 5.10 Å². The van der Waals surface area contributed by atoms with Gasteiger partial charge in [0, 0.05) is 5.71 Å². The summed E-state index contributed by atoms with van der Waals surface area (Å²) in [6.45, 7) is 1.63. The lowest BCUT2D eigenvalue weighted by molar-refractivity contribution is -0.116. The highest BCUT2D eigenvalue weighted by Crippen LogP contribution is 2.13. The topological polar surface area (TPSA) is 128 Å². The van der Waals surface area contributed by atoms with Gasteiger partial charge in [0.25, 0.3) is 0 Å². The lowest BCUT2D eigenvalue weighted by Gasteiger charge is -2.04. The van der Waals surface area contributed by atoms with E-state index in [1.165, 1.54) is 18.2 Å². The molecule has 0 aliphatic rings. The molecule has 8 heteroatoms. The van der Waals surface area contributed by atoms with Crippen molar-refractivity contribution in [3.05, 3.63) is 24.3 Å². The Bertz CT molecular complexity index is 581. The molecule has 0 bridgehead atoms. The smallest absolute Gasteiger partial charge is 0.238 e. The lowest BCUT2D eigenvalue weighted by atomic mass is 10.3. The number of hydrogen-bond acceptors (Lipinski definition) is 5. The van der Waals surface area contributed by atoms with Crippen molar-refractivity contribution >= 4 is 27.3 Å². The molecular formula is C10H14N4O3S. The maximum absolute atomic E-state index is 11.1. The number of benzene rings is 1. The molecule has 5 N–H and O–H groups in total. The molecule has 7 nitrogen and oxygen atoms in total. The molecule has 0 aliphatic heterocycles. The Kier molecular flexibility index (Phi) is 4.40. The summed E-state index contributed by atoms with van der Waals surface area (Å²) in [6, 6.07) is 5.87. The molecule has 0 heterocycles. The fraction of sp³-hybridized carbons (Fsp3) is 0.200. The van der Waals surface area contributed by atoms with Crippen molar-refractivity contribution in [1.29, 1.82) is 0 Å². The van der Waals surface area contributed by atoms with Crippen molar-refractivity contribution in [2.24, 2.45) is 16.0 Å². The third kappa shape index (κ3) is 4.52. The third-order valence-electron chi connectivity index (χ3n) is 1.97. The average molecular weight is 270 g/mol. The predicted octanol–water partition coefficient (Wildman–Crippen LogP) is -0.00280. The SMILES string of the molecule is C/C(CC(N)=O)=N\Nc1cccc(S(N)(=O)=O)c1. The molecule has 1 aromatic rings. The number of primary amides is 1. The fourth-order valence-electron chi connectivity index (χ4n) is 1.19. The largest absolute Gasteiger partial charge is 0.369 e. The van der Waals surface area contributed by atoms with E-state index >= 15 is 0 Å². The highest BCUT2D eigenvalue weighted by atomic mass is 32.2. The summed E-state index contributed by atoms with van der Waals surface area (Å²) in [6.07, 6.45) is 0.0296. The number of hydrogen-bond donors (Lipinski definition) is 3. The summed E-state index contributed by atoms with van der Waals surface area (Å²) in [5.74, 6) is -0.490. The number of nitrogens with two attached hydrogens (primary N) is 2. The Morgan fingerprint density at radius 2 is 2.11 bits per heavy atom. The summed E-state index contributed by atoms with van der Waals surface area (Å²) in [7, 11) is -3.75. The van der Waals surface area contributed by atoms with Gasteiger partial charge in [-0.15, -0.1) is 0 Å². The second kappa shape index (κ2) is 5.61. The van der Waals surface area contributed by atoms with Crippen molar-refractivity contribution in [1.82, 2.24) is 0 Å². The molecule has 1 aromatic carbocycles. The van der Waals surface area contributed by atoms with Crippen LogP contribution in [-0.4, -0.2) is 20.0 Å². The van der Waals surface area contributed by atoms with E-state index in [9.17, 15) is 13.2 Å². The quantitative estimate of drug-likeness (QED) is 0.513. The Balaban J connectivity index is 2.84. The van der Waals surface area contributed by atoms with Gasteiger partial charge in [-0.1, -0.05) is 6.07 Å². The fourth-order valence-corrected chi connectivity index (χ4v) is 1.75. The number of nitrogens with zero attached hydrogens (tertiary/aromatic N) is 1. The van der Waals surface area contributed by atoms with Gasteiger partial charge in [0.1, 0.15) is 0 Å². The van der Waals surface area contributed by atoms with Crippen molar-refractivity contribution in [3.63, 3.8) is 0 Å². The van der Waals surface area contributed by atoms with Gasteiger partial charge >= 0.3 is 0 Å². The number of sulfonamides is 1. The monoisotopic (exact) mass is 270 g/mol. The van der Waals surface area contributed by atoms with Gasteiger partial charge in [-0.3, -0.25) is 10.2 Å². The van der Waals surface area contributed by atoms with Gasteiger partial charge in [-0.25, -0.2) is 13.6 Å². The van der Waals surface area contributed by atoms with Crippen LogP contribution >= 0.6 is 0 Å². The van der Waals surface area contributed by atoms with E-state index < -0.39 is 15.9 Å². The minimum atomic E-state index is -3.75. The third-order valence-corrected chi connectivity index (χ3v) is 2.88. The zero-order chi connectivity index (χ0) is 13.8. The molecule has 0 aromatic heterocycles. The molecule has 0 spiro atoms. The second-order valence-corrected chi connectivity index (χ2v) is 5.24. The number of carbonyl (C=O) groups is 1. The van der Waals surface area contributed by atoms with Crippen molar-refractivity contribution in [2.75, 3.05) is 5.43 Å². The first-order valence-corrected chi connectivity index (χ1v) is 6.54. The van der Waals surface area contributed by atoms with Gasteiger partial charge in [0.15, 0.2) is 0 Å². The normalized spacial score (nSPS) is 12.2. The van der Waals surface area contributed by atoms with E-state index in [4.69, 9.17) is 10.9 Å². The van der Waals surface area contributed by atoms with Gasteiger partial charge in [0.2, 0.25) is 15.9 Å². The highest BCUT2D eigenvalue weighted by Gasteiger charge is 2.07. The summed E-state index contributed by atoms with van der Waals surface area (Å²) >= 11 is 0. The van der Waals surface area contributed by atoms with Crippen molar-refractivity contribution < 1.29 is 13.2 Å². The Morgan fingerprint density at radius 1 is 1.44 bits per heavy atom. The molecule has 98 valence electrons. The minimum absolute atomic E-state index is 0.0183. The Labute approximate surface area is 105 Å². The van der Waals surface area contributed by atoms with Crippen LogP contribution in [0.15, 0.2) is 34.3 Å². The molecule has 0 saturated carbocycles. The number of carbonyl (C=O) groups excluding carboxylic acids is 1. The minimum Gasteiger partial charge on any atom is -0.369 e. The molecule has 0 unspecified atom stereocenters. The van der Waals surface area contributed by atoms with E-state index in [1.54, 1.807) is 13.0 Å². The van der Waals surface area contributed by atoms with E-state index in [-0.39, 0.29) is 11.3 Å². The first kappa shape index (κ1) is 14.1. The molecular weight excluding hydrogens is 256 g/mol. The van der Waals surface area contributed by atoms with Crippen molar-refractivity contribution in [3.8, 4) is 0 Å². The van der Waals surface area contributed by atoms with Crippen LogP contribution in [0, 0.1) is 0 Å². The van der Waals surface area contributed by atoms with E-state index in [1.807, 2.05) is 0 Å². The number of hydrazone groups is 1. The first-order valence-electron chi connectivity index (χ1n) is 4.99. The van der Waals surface area contributed by atoms with Gasteiger partial charge in [-0.05, 0) is 25.1 Å². The summed E-state index contributed by atoms with van der Waals surface area (Å²) in [5, 5.41) is 8.88. The maximum Gasteiger partial charge on any atom is 0.238 e. The van der Waals surface area contributed by atoms with E-state index in [0.29, 0.717) is 11.4 Å². The van der Waals surface area contributed by atoms with Crippen LogP contribution in [0.25, 0.3) is 0 Å². The maximum atomic E-state index is 11.1. The lowest BCUT2D eigenvalue weighted by Crippen LogP contribution is -2.15. The zero-order valence-corrected chi connectivity index (χ0v) is 10.6. The summed E-state index contributed by atoms with van der Waals surface area (Å²) < 4.78 is 22.2. The predicted molar refractivity (Wildman–Crippen MR) is 68.4 cm³/mol. The number of rotatable bonds is 5. The first-order chi connectivity index (χ1) is 8.29. The van der Waals surface area contributed by atoms with Crippen LogP contribution in [0.1, 0.15) is 13.3 Å². The average Bonchev–Trinajstić information content (AvgIpc) is 2.25. The van der Waals surface area contributed by atoms with Crippen LogP contribution in [-0.2, 0) is 14.8 Å². The van der Waals surface area contributed by atoms with E-state index in [2.05, 4.69) is 10.5 Å². The Hall–Kier alpha value is -1.93. The summed E-state index contributed by atoms with van der Waals surface area (Å²) in [5.41, 5.74) is 8.56. The molecule has 0 fully saturated rings. The van der Waals surface area contributed by atoms with Gasteiger partial charge < -0.3 is 5.73 Å². The van der Waals surface area contributed by atoms with Crippen molar-refractivity contribution in [2.45, 2.75) is 18.2 Å². The summed E-state index contributed by atoms with van der Waals surface area (Å²) in [4.78, 5) is 10.6. The van der Waals surface area contributed by atoms with Crippen LogP contribution in [0.2, 0.25) is 0 Å².